The summed E-state index contributed by atoms with van der Waals surface area (Å²) < 4.78 is 39.8. The molecule has 410 valence electrons. The molecule has 7 aromatic rings. The summed E-state index contributed by atoms with van der Waals surface area (Å²) in [5, 5.41) is 29.5. The van der Waals surface area contributed by atoms with Crippen molar-refractivity contribution in [1.29, 1.82) is 0 Å². The van der Waals surface area contributed by atoms with Crippen molar-refractivity contribution in [2.75, 3.05) is 67.8 Å². The van der Waals surface area contributed by atoms with Gasteiger partial charge in [-0.3, -0.25) is 9.59 Å². The van der Waals surface area contributed by atoms with Crippen LogP contribution in [0.15, 0.2) is 188 Å². The fourth-order valence-corrected chi connectivity index (χ4v) is 8.53. The van der Waals surface area contributed by atoms with E-state index in [2.05, 4.69) is 16.0 Å². The summed E-state index contributed by atoms with van der Waals surface area (Å²) in [6, 6.07) is 59.4. The summed E-state index contributed by atoms with van der Waals surface area (Å²) in [6.07, 6.45) is -2.30. The molecule has 0 aliphatic heterocycles. The highest BCUT2D eigenvalue weighted by atomic mass is 16.5. The monoisotopic (exact) mass is 1060 g/mol. The standard InChI is InChI=1S/C35H38N2O7.C27H32N2O5/c1-41-31-17-13-28(14-18-31)35(27-11-7-4-8-12-27,29-15-19-32(42-2)20-16-29)44-25-30(38)23-37-33(39)21-22-36-34(40)43-24-26-9-5-3-6-10-26;1-32-24-12-8-21(9-13-24)27(20-6-4-3-5-7-20,22-10-14-25(33-2)15-11-22)34-19-23(30)18-29-26(31)16-17-28/h3-20,30,38H,21-25H2,1-2H3,(H,36,40)(H,37,39);3-15,23,30H,16-19,28H2,1-2H3,(H,29,31). The van der Waals surface area contributed by atoms with E-state index in [0.717, 1.165) is 50.4 Å². The molecule has 16 heteroatoms. The fourth-order valence-electron chi connectivity index (χ4n) is 8.53. The number of amides is 3. The van der Waals surface area contributed by atoms with Gasteiger partial charge in [0.15, 0.2) is 0 Å². The number of nitrogens with two attached hydrogens (primary N) is 1. The number of aliphatic hydroxyl groups excluding tert-OH is 2. The molecular weight excluding hydrogens is 993 g/mol. The van der Waals surface area contributed by atoms with Crippen LogP contribution in [0, 0.1) is 0 Å². The minimum atomic E-state index is -1.09. The lowest BCUT2D eigenvalue weighted by atomic mass is 9.80. The van der Waals surface area contributed by atoms with Gasteiger partial charge >= 0.3 is 6.09 Å². The van der Waals surface area contributed by atoms with Crippen LogP contribution in [0.25, 0.3) is 0 Å². The van der Waals surface area contributed by atoms with Gasteiger partial charge in [-0.1, -0.05) is 140 Å². The molecule has 0 heterocycles. The second kappa shape index (κ2) is 30.5. The lowest BCUT2D eigenvalue weighted by Crippen LogP contribution is -2.40. The third-order valence-electron chi connectivity index (χ3n) is 12.6. The van der Waals surface area contributed by atoms with E-state index in [1.165, 1.54) is 0 Å². The number of methoxy groups -OCH3 is 4. The van der Waals surface area contributed by atoms with Gasteiger partial charge in [0.25, 0.3) is 0 Å². The number of rotatable bonds is 27. The van der Waals surface area contributed by atoms with Crippen LogP contribution >= 0.6 is 0 Å². The first kappa shape index (κ1) is 59.0. The number of aliphatic hydroxyl groups is 2. The topological polar surface area (TPSA) is 218 Å². The Kier molecular flexibility index (Phi) is 23.1. The number of hydrogen-bond donors (Lipinski definition) is 6. The van der Waals surface area contributed by atoms with Gasteiger partial charge in [0.2, 0.25) is 11.8 Å². The second-order valence-corrected chi connectivity index (χ2v) is 17.8. The van der Waals surface area contributed by atoms with Gasteiger partial charge < -0.3 is 65.1 Å². The Morgan fingerprint density at radius 1 is 0.449 bits per heavy atom. The molecule has 0 saturated carbocycles. The van der Waals surface area contributed by atoms with Crippen molar-refractivity contribution in [3.8, 4) is 23.0 Å². The van der Waals surface area contributed by atoms with E-state index in [1.54, 1.807) is 28.4 Å². The lowest BCUT2D eigenvalue weighted by molar-refractivity contribution is -0.122. The molecule has 3 amide bonds. The molecule has 0 saturated heterocycles. The lowest BCUT2D eigenvalue weighted by Gasteiger charge is -2.36. The Labute approximate surface area is 456 Å². The van der Waals surface area contributed by atoms with Crippen LogP contribution in [-0.4, -0.2) is 108 Å². The van der Waals surface area contributed by atoms with E-state index >= 15 is 0 Å². The predicted molar refractivity (Wildman–Crippen MR) is 297 cm³/mol. The number of ether oxygens (including phenoxy) is 7. The van der Waals surface area contributed by atoms with Crippen LogP contribution in [0.1, 0.15) is 51.8 Å². The molecular formula is C62H70N4O12. The van der Waals surface area contributed by atoms with Crippen LogP contribution in [0.5, 0.6) is 23.0 Å². The Morgan fingerprint density at radius 3 is 1.10 bits per heavy atom. The molecule has 2 unspecified atom stereocenters. The average Bonchev–Trinajstić information content (AvgIpc) is 3.59. The SMILES string of the molecule is COc1ccc(C(OCC(O)CNC(=O)CCN)(c2ccccc2)c2ccc(OC)cc2)cc1.COc1ccc(C(OCC(O)CNC(=O)CCNC(=O)OCc2ccccc2)(c2ccccc2)c2ccc(OC)cc2)cc1. The molecule has 7 N–H and O–H groups in total. The molecule has 7 aromatic carbocycles. The zero-order chi connectivity index (χ0) is 55.6. The first-order valence-electron chi connectivity index (χ1n) is 25.5. The van der Waals surface area contributed by atoms with Crippen LogP contribution < -0.4 is 40.6 Å². The summed E-state index contributed by atoms with van der Waals surface area (Å²) in [5.41, 5.74) is 9.31. The average molecular weight is 1060 g/mol. The summed E-state index contributed by atoms with van der Waals surface area (Å²) >= 11 is 0. The van der Waals surface area contributed by atoms with E-state index in [0.29, 0.717) is 11.5 Å². The molecule has 16 nitrogen and oxygen atoms in total. The molecule has 0 bridgehead atoms. The highest BCUT2D eigenvalue weighted by Crippen LogP contribution is 2.43. The maximum Gasteiger partial charge on any atom is 0.407 e. The Hall–Kier alpha value is -8.25. The van der Waals surface area contributed by atoms with E-state index < -0.39 is 29.5 Å². The van der Waals surface area contributed by atoms with Crippen molar-refractivity contribution >= 4 is 17.9 Å². The van der Waals surface area contributed by atoms with Crippen molar-refractivity contribution in [2.45, 2.75) is 42.9 Å². The van der Waals surface area contributed by atoms with Crippen LogP contribution in [0.4, 0.5) is 4.79 Å². The summed E-state index contributed by atoms with van der Waals surface area (Å²) in [4.78, 5) is 36.1. The Morgan fingerprint density at radius 2 is 0.769 bits per heavy atom. The van der Waals surface area contributed by atoms with Crippen molar-refractivity contribution in [2.24, 2.45) is 5.73 Å². The quantitative estimate of drug-likeness (QED) is 0.0273. The molecule has 78 heavy (non-hydrogen) atoms. The number of benzene rings is 7. The van der Waals surface area contributed by atoms with Crippen molar-refractivity contribution < 1.29 is 57.8 Å². The van der Waals surface area contributed by atoms with E-state index in [4.69, 9.17) is 38.9 Å². The molecule has 0 radical (unpaired) electrons. The van der Waals surface area contributed by atoms with E-state index in [9.17, 15) is 24.6 Å². The molecule has 0 fully saturated rings. The van der Waals surface area contributed by atoms with Gasteiger partial charge in [-0.25, -0.2) is 4.79 Å². The summed E-state index contributed by atoms with van der Waals surface area (Å²) in [7, 11) is 6.46. The van der Waals surface area contributed by atoms with Gasteiger partial charge in [-0.15, -0.1) is 0 Å². The van der Waals surface area contributed by atoms with Crippen LogP contribution in [0.3, 0.4) is 0 Å². The number of alkyl carbamates (subject to hydrolysis) is 1. The molecule has 0 aliphatic carbocycles. The minimum absolute atomic E-state index is 0.0180. The van der Waals surface area contributed by atoms with Gasteiger partial charge in [0.1, 0.15) is 40.8 Å². The van der Waals surface area contributed by atoms with Gasteiger partial charge in [-0.2, -0.15) is 0 Å². The number of carbonyl (C=O) groups excluding carboxylic acids is 3. The van der Waals surface area contributed by atoms with Crippen molar-refractivity contribution in [3.05, 3.63) is 227 Å². The van der Waals surface area contributed by atoms with Gasteiger partial charge in [-0.05, 0) is 87.5 Å². The molecule has 0 aliphatic rings. The van der Waals surface area contributed by atoms with Gasteiger partial charge in [0, 0.05) is 39.0 Å². The smallest absolute Gasteiger partial charge is 0.407 e. The highest BCUT2D eigenvalue weighted by Gasteiger charge is 2.40. The summed E-state index contributed by atoms with van der Waals surface area (Å²) in [5.74, 6) is 2.32. The Bertz CT molecular complexity index is 2770. The number of nitrogens with one attached hydrogen (secondary N) is 3. The maximum atomic E-state index is 12.4. The first-order valence-corrected chi connectivity index (χ1v) is 25.5. The Balaban J connectivity index is 0.000000261. The van der Waals surface area contributed by atoms with E-state index in [-0.39, 0.29) is 70.7 Å². The number of hydrogen-bond acceptors (Lipinski definition) is 13. The van der Waals surface area contributed by atoms with Crippen molar-refractivity contribution in [3.63, 3.8) is 0 Å². The summed E-state index contributed by atoms with van der Waals surface area (Å²) in [6.45, 7) is 0.417. The zero-order valence-electron chi connectivity index (χ0n) is 44.5. The normalized spacial score (nSPS) is 11.9. The van der Waals surface area contributed by atoms with Crippen LogP contribution in [-0.2, 0) is 41.6 Å². The molecule has 0 aromatic heterocycles. The van der Waals surface area contributed by atoms with Crippen LogP contribution in [0.2, 0.25) is 0 Å². The minimum Gasteiger partial charge on any atom is -0.497 e. The number of carbonyl (C=O) groups is 3. The largest absolute Gasteiger partial charge is 0.497 e. The predicted octanol–water partition coefficient (Wildman–Crippen LogP) is 7.64. The highest BCUT2D eigenvalue weighted by molar-refractivity contribution is 5.77. The molecule has 2 atom stereocenters. The fraction of sp³-hybridized carbons (Fsp3) is 0.274. The molecule has 7 rings (SSSR count). The molecule has 0 spiro atoms. The van der Waals surface area contributed by atoms with Crippen molar-refractivity contribution in [1.82, 2.24) is 16.0 Å². The van der Waals surface area contributed by atoms with Gasteiger partial charge in [0.05, 0.1) is 53.9 Å². The maximum absolute atomic E-state index is 12.4. The van der Waals surface area contributed by atoms with E-state index in [1.807, 2.05) is 188 Å². The third kappa shape index (κ3) is 16.4. The second-order valence-electron chi connectivity index (χ2n) is 17.8. The zero-order valence-corrected chi connectivity index (χ0v) is 44.5. The third-order valence-corrected chi connectivity index (χ3v) is 12.6. The first-order chi connectivity index (χ1) is 38.0.